The van der Waals surface area contributed by atoms with Crippen molar-refractivity contribution in [2.24, 2.45) is 10.2 Å². The van der Waals surface area contributed by atoms with Crippen molar-refractivity contribution in [3.8, 4) is 28.1 Å². The summed E-state index contributed by atoms with van der Waals surface area (Å²) >= 11 is 0. The first-order valence-electron chi connectivity index (χ1n) is 11.4. The maximum absolute atomic E-state index is 9.68. The van der Waals surface area contributed by atoms with Gasteiger partial charge in [0.25, 0.3) is 5.95 Å². The van der Waals surface area contributed by atoms with E-state index in [4.69, 9.17) is 0 Å². The molecule has 0 atom stereocenters. The molecule has 2 aromatic carbocycles. The topological polar surface area (TPSA) is 109 Å². The van der Waals surface area contributed by atoms with Crippen molar-refractivity contribution in [1.29, 1.82) is 0 Å². The second-order valence-corrected chi connectivity index (χ2v) is 8.13. The Morgan fingerprint density at radius 2 is 1.64 bits per heavy atom. The van der Waals surface area contributed by atoms with Crippen LogP contribution in [0.1, 0.15) is 11.4 Å². The molecule has 0 aliphatic heterocycles. The van der Waals surface area contributed by atoms with Gasteiger partial charge >= 0.3 is 0 Å². The van der Waals surface area contributed by atoms with Crippen LogP contribution in [0.3, 0.4) is 0 Å². The molecule has 3 heterocycles. The van der Waals surface area contributed by atoms with E-state index in [-0.39, 0.29) is 5.75 Å². The number of azo groups is 1. The lowest BCUT2D eigenvalue weighted by Gasteiger charge is -2.08. The zero-order valence-electron chi connectivity index (χ0n) is 19.6. The van der Waals surface area contributed by atoms with Crippen molar-refractivity contribution in [1.82, 2.24) is 19.9 Å². The highest BCUT2D eigenvalue weighted by molar-refractivity contribution is 5.69. The molecule has 0 bridgehead atoms. The summed E-state index contributed by atoms with van der Waals surface area (Å²) in [6.45, 7) is 2.21. The average Bonchev–Trinajstić information content (AvgIpc) is 2.90. The Morgan fingerprint density at radius 1 is 0.806 bits per heavy atom. The molecule has 0 saturated heterocycles. The maximum Gasteiger partial charge on any atom is 0.269 e. The largest absolute Gasteiger partial charge is 0.508 e. The first kappa shape index (κ1) is 22.8. The number of pyridine rings is 2. The molecule has 8 nitrogen and oxygen atoms in total. The molecule has 5 rings (SSSR count). The van der Waals surface area contributed by atoms with Gasteiger partial charge in [-0.15, -0.1) is 5.11 Å². The van der Waals surface area contributed by atoms with E-state index < -0.39 is 0 Å². The molecular formula is C28H23N7O. The minimum Gasteiger partial charge on any atom is -0.508 e. The number of aromatic hydroxyl groups is 1. The summed E-state index contributed by atoms with van der Waals surface area (Å²) in [7, 11) is 0. The number of anilines is 2. The van der Waals surface area contributed by atoms with Crippen LogP contribution in [-0.2, 0) is 6.54 Å². The van der Waals surface area contributed by atoms with Gasteiger partial charge in [-0.05, 0) is 72.6 Å². The van der Waals surface area contributed by atoms with Crippen LogP contribution in [-0.4, -0.2) is 25.0 Å². The van der Waals surface area contributed by atoms with Gasteiger partial charge in [0.2, 0.25) is 0 Å². The molecule has 5 aromatic rings. The van der Waals surface area contributed by atoms with Gasteiger partial charge in [-0.3, -0.25) is 9.97 Å². The molecule has 0 unspecified atom stereocenters. The fraction of sp³-hybridized carbons (Fsp3) is 0.0714. The zero-order valence-corrected chi connectivity index (χ0v) is 19.6. The highest BCUT2D eigenvalue weighted by Crippen LogP contribution is 2.26. The van der Waals surface area contributed by atoms with Gasteiger partial charge in [-0.2, -0.15) is 5.11 Å². The van der Waals surface area contributed by atoms with Crippen molar-refractivity contribution >= 4 is 17.3 Å². The highest BCUT2D eigenvalue weighted by Gasteiger charge is 2.05. The third kappa shape index (κ3) is 5.74. The van der Waals surface area contributed by atoms with Crippen molar-refractivity contribution in [2.45, 2.75) is 13.5 Å². The molecule has 0 saturated carbocycles. The minimum atomic E-state index is 0.251. The normalized spacial score (nSPS) is 11.0. The number of aryl methyl sites for hydroxylation is 1. The molecule has 0 spiro atoms. The van der Waals surface area contributed by atoms with E-state index in [0.29, 0.717) is 12.5 Å². The smallest absolute Gasteiger partial charge is 0.269 e. The van der Waals surface area contributed by atoms with Crippen LogP contribution in [0.25, 0.3) is 22.4 Å². The van der Waals surface area contributed by atoms with E-state index in [2.05, 4.69) is 35.5 Å². The molecule has 0 radical (unpaired) electrons. The molecule has 0 aliphatic rings. The van der Waals surface area contributed by atoms with Crippen LogP contribution in [0.4, 0.5) is 17.3 Å². The average molecular weight is 474 g/mol. The van der Waals surface area contributed by atoms with E-state index in [1.807, 2.05) is 73.7 Å². The summed E-state index contributed by atoms with van der Waals surface area (Å²) < 4.78 is 0. The first-order chi connectivity index (χ1) is 17.6. The number of rotatable bonds is 7. The molecule has 0 fully saturated rings. The quantitative estimate of drug-likeness (QED) is 0.256. The van der Waals surface area contributed by atoms with E-state index >= 15 is 0 Å². The SMILES string of the molecule is Cc1cc(-c2cccnc2)nc(N=NCc2ccc(Nc3ccc(-c4cccc(O)c4)cc3)cn2)n1. The van der Waals surface area contributed by atoms with Crippen molar-refractivity contribution in [2.75, 3.05) is 5.32 Å². The number of nitrogens with zero attached hydrogens (tertiary/aromatic N) is 6. The van der Waals surface area contributed by atoms with Crippen LogP contribution in [0, 0.1) is 6.92 Å². The third-order valence-corrected chi connectivity index (χ3v) is 5.37. The Hall–Kier alpha value is -4.98. The molecule has 0 aliphatic carbocycles. The Labute approximate surface area is 208 Å². The standard InChI is InChI=1S/C28H23N7O/c1-19-14-27(22-5-3-13-29-16-22)34-28(32-19)35-31-18-24-11-12-25(17-30-24)33-23-9-7-20(8-10-23)21-4-2-6-26(36)15-21/h2-17,33,36H,18H2,1H3. The summed E-state index contributed by atoms with van der Waals surface area (Å²) in [4.78, 5) is 17.4. The van der Waals surface area contributed by atoms with Crippen molar-refractivity contribution < 1.29 is 5.11 Å². The predicted molar refractivity (Wildman–Crippen MR) is 139 cm³/mol. The summed E-state index contributed by atoms with van der Waals surface area (Å²) in [5, 5.41) is 21.4. The number of aromatic nitrogens is 4. The lowest BCUT2D eigenvalue weighted by molar-refractivity contribution is 0.475. The van der Waals surface area contributed by atoms with Gasteiger partial charge in [0.05, 0.1) is 23.3 Å². The number of hydrogen-bond acceptors (Lipinski definition) is 8. The number of hydrogen-bond donors (Lipinski definition) is 2. The Morgan fingerprint density at radius 3 is 2.39 bits per heavy atom. The van der Waals surface area contributed by atoms with Crippen LogP contribution in [0.2, 0.25) is 0 Å². The molecule has 3 aromatic heterocycles. The monoisotopic (exact) mass is 473 g/mol. The summed E-state index contributed by atoms with van der Waals surface area (Å²) in [5.41, 5.74) is 7.04. The fourth-order valence-corrected chi connectivity index (χ4v) is 3.62. The van der Waals surface area contributed by atoms with Crippen LogP contribution in [0.5, 0.6) is 5.75 Å². The highest BCUT2D eigenvalue weighted by atomic mass is 16.3. The Bertz CT molecular complexity index is 1490. The van der Waals surface area contributed by atoms with E-state index in [1.54, 1.807) is 30.7 Å². The van der Waals surface area contributed by atoms with Gasteiger partial charge in [-0.25, -0.2) is 9.97 Å². The molecular weight excluding hydrogens is 450 g/mol. The second kappa shape index (κ2) is 10.5. The zero-order chi connectivity index (χ0) is 24.7. The molecule has 36 heavy (non-hydrogen) atoms. The number of benzene rings is 2. The maximum atomic E-state index is 9.68. The van der Waals surface area contributed by atoms with Crippen LogP contribution < -0.4 is 5.32 Å². The van der Waals surface area contributed by atoms with E-state index in [1.165, 1.54) is 0 Å². The van der Waals surface area contributed by atoms with Gasteiger partial charge in [-0.1, -0.05) is 24.3 Å². The second-order valence-electron chi connectivity index (χ2n) is 8.13. The Balaban J connectivity index is 1.20. The van der Waals surface area contributed by atoms with Crippen molar-refractivity contribution in [3.63, 3.8) is 0 Å². The number of phenols is 1. The first-order valence-corrected chi connectivity index (χ1v) is 11.4. The van der Waals surface area contributed by atoms with Crippen molar-refractivity contribution in [3.05, 3.63) is 109 Å². The summed E-state index contributed by atoms with van der Waals surface area (Å²) in [6, 6.07) is 24.7. The van der Waals surface area contributed by atoms with Gasteiger partial charge < -0.3 is 10.4 Å². The third-order valence-electron chi connectivity index (χ3n) is 5.37. The number of phenolic OH excluding ortho intramolecular Hbond substituents is 1. The fourth-order valence-electron chi connectivity index (χ4n) is 3.62. The van der Waals surface area contributed by atoms with E-state index in [0.717, 1.165) is 45.1 Å². The molecule has 2 N–H and O–H groups in total. The van der Waals surface area contributed by atoms with Crippen LogP contribution >= 0.6 is 0 Å². The summed E-state index contributed by atoms with van der Waals surface area (Å²) in [6.07, 6.45) is 5.24. The lowest BCUT2D eigenvalue weighted by Crippen LogP contribution is -1.93. The Kier molecular flexibility index (Phi) is 6.66. The molecule has 8 heteroatoms. The molecule has 176 valence electrons. The van der Waals surface area contributed by atoms with Crippen LogP contribution in [0.15, 0.2) is 108 Å². The van der Waals surface area contributed by atoms with Gasteiger partial charge in [0.1, 0.15) is 12.3 Å². The van der Waals surface area contributed by atoms with E-state index in [9.17, 15) is 5.11 Å². The lowest BCUT2D eigenvalue weighted by atomic mass is 10.1. The van der Waals surface area contributed by atoms with Gasteiger partial charge in [0, 0.05) is 29.3 Å². The minimum absolute atomic E-state index is 0.251. The number of nitrogens with one attached hydrogen (secondary N) is 1. The molecule has 0 amide bonds. The van der Waals surface area contributed by atoms with Gasteiger partial charge in [0.15, 0.2) is 0 Å². The summed E-state index contributed by atoms with van der Waals surface area (Å²) in [5.74, 6) is 0.558. The predicted octanol–water partition coefficient (Wildman–Crippen LogP) is 6.64.